The fraction of sp³-hybridized carbons (Fsp3) is 0.474. The summed E-state index contributed by atoms with van der Waals surface area (Å²) in [6.45, 7) is 3.31. The number of sulfonamides is 1. The first-order valence-electron chi connectivity index (χ1n) is 9.01. The summed E-state index contributed by atoms with van der Waals surface area (Å²) in [6.07, 6.45) is 4.25. The molecule has 1 aliphatic carbocycles. The third-order valence-corrected chi connectivity index (χ3v) is 6.18. The number of benzene rings is 1. The van der Waals surface area contributed by atoms with E-state index in [1.807, 2.05) is 26.0 Å². The van der Waals surface area contributed by atoms with Crippen molar-refractivity contribution in [2.24, 2.45) is 5.92 Å². The van der Waals surface area contributed by atoms with Crippen molar-refractivity contribution < 1.29 is 22.7 Å². The first-order valence-corrected chi connectivity index (χ1v) is 10.9. The standard InChI is InChI=1S/C19H25ClN2O5S/c1-13-3-6-16(7-4-13)28(25,26)21-10-9-19(24)27-12-18(23)22-17-8-5-15(20)11-14(17)2/h3-8,14-15,17,21H,9-12H2,1-2H3,(H,22,23). The van der Waals surface area contributed by atoms with E-state index >= 15 is 0 Å². The van der Waals surface area contributed by atoms with Gasteiger partial charge in [0.15, 0.2) is 6.61 Å². The van der Waals surface area contributed by atoms with Crippen LogP contribution < -0.4 is 10.0 Å². The lowest BCUT2D eigenvalue weighted by atomic mass is 9.91. The third-order valence-electron chi connectivity index (χ3n) is 4.38. The van der Waals surface area contributed by atoms with Crippen molar-refractivity contribution in [1.82, 2.24) is 10.0 Å². The fourth-order valence-electron chi connectivity index (χ4n) is 2.73. The Labute approximate surface area is 170 Å². The molecule has 1 aromatic rings. The molecule has 0 heterocycles. The van der Waals surface area contributed by atoms with Crippen molar-refractivity contribution in [3.05, 3.63) is 42.0 Å². The Balaban J connectivity index is 1.70. The average Bonchev–Trinajstić information content (AvgIpc) is 2.62. The Morgan fingerprint density at radius 2 is 1.89 bits per heavy atom. The summed E-state index contributed by atoms with van der Waals surface area (Å²) in [5.74, 6) is -0.888. The lowest BCUT2D eigenvalue weighted by Gasteiger charge is -2.27. The van der Waals surface area contributed by atoms with Crippen LogP contribution in [0.5, 0.6) is 0 Å². The first-order chi connectivity index (χ1) is 13.2. The molecular weight excluding hydrogens is 404 g/mol. The van der Waals surface area contributed by atoms with Crippen molar-refractivity contribution >= 4 is 33.5 Å². The van der Waals surface area contributed by atoms with E-state index in [0.717, 1.165) is 12.0 Å². The number of halogens is 1. The predicted octanol–water partition coefficient (Wildman–Crippen LogP) is 1.89. The van der Waals surface area contributed by atoms with Gasteiger partial charge in [0.1, 0.15) is 0 Å². The molecule has 2 N–H and O–H groups in total. The molecule has 3 atom stereocenters. The number of hydrogen-bond acceptors (Lipinski definition) is 5. The number of rotatable bonds is 8. The van der Waals surface area contributed by atoms with Gasteiger partial charge in [-0.15, -0.1) is 11.6 Å². The molecule has 9 heteroatoms. The van der Waals surface area contributed by atoms with E-state index in [-0.39, 0.29) is 35.2 Å². The van der Waals surface area contributed by atoms with E-state index in [1.165, 1.54) is 12.1 Å². The van der Waals surface area contributed by atoms with Crippen LogP contribution in [0.25, 0.3) is 0 Å². The molecule has 3 unspecified atom stereocenters. The van der Waals surface area contributed by atoms with Crippen molar-refractivity contribution in [3.8, 4) is 0 Å². The summed E-state index contributed by atoms with van der Waals surface area (Å²) >= 11 is 6.02. The van der Waals surface area contributed by atoms with Gasteiger partial charge in [-0.25, -0.2) is 13.1 Å². The average molecular weight is 429 g/mol. The van der Waals surface area contributed by atoms with Crippen LogP contribution in [0.3, 0.4) is 0 Å². The van der Waals surface area contributed by atoms with Crippen LogP contribution in [0.4, 0.5) is 0 Å². The molecule has 0 fully saturated rings. The van der Waals surface area contributed by atoms with Gasteiger partial charge in [0, 0.05) is 12.6 Å². The van der Waals surface area contributed by atoms with Gasteiger partial charge in [-0.1, -0.05) is 36.8 Å². The van der Waals surface area contributed by atoms with E-state index in [1.54, 1.807) is 12.1 Å². The molecule has 1 amide bonds. The molecule has 28 heavy (non-hydrogen) atoms. The molecule has 2 rings (SSSR count). The summed E-state index contributed by atoms with van der Waals surface area (Å²) in [5, 5.41) is 2.74. The summed E-state index contributed by atoms with van der Waals surface area (Å²) in [4.78, 5) is 23.8. The number of carbonyl (C=O) groups excluding carboxylic acids is 2. The molecule has 0 radical (unpaired) electrons. The molecule has 1 aromatic carbocycles. The van der Waals surface area contributed by atoms with E-state index < -0.39 is 28.5 Å². The van der Waals surface area contributed by atoms with Gasteiger partial charge in [-0.2, -0.15) is 0 Å². The molecular formula is C19H25ClN2O5S. The largest absolute Gasteiger partial charge is 0.456 e. The molecule has 7 nitrogen and oxygen atoms in total. The number of carbonyl (C=O) groups is 2. The Morgan fingerprint density at radius 1 is 1.21 bits per heavy atom. The SMILES string of the molecule is Cc1ccc(S(=O)(=O)NCCC(=O)OCC(=O)NC2C=CC(Cl)CC2C)cc1. The number of alkyl halides is 1. The highest BCUT2D eigenvalue weighted by molar-refractivity contribution is 7.89. The molecule has 1 aliphatic rings. The number of hydrogen-bond donors (Lipinski definition) is 2. The minimum absolute atomic E-state index is 0.0373. The number of allylic oxidation sites excluding steroid dienone is 1. The fourth-order valence-corrected chi connectivity index (χ4v) is 4.13. The number of aryl methyl sites for hydroxylation is 1. The quantitative estimate of drug-likeness (QED) is 0.374. The van der Waals surface area contributed by atoms with Gasteiger partial charge in [-0.05, 0) is 31.4 Å². The second kappa shape index (κ2) is 10.0. The Hall–Kier alpha value is -1.90. The zero-order valence-corrected chi connectivity index (χ0v) is 17.4. The van der Waals surface area contributed by atoms with Crippen LogP contribution in [0.2, 0.25) is 0 Å². The minimum atomic E-state index is -3.69. The maximum Gasteiger partial charge on any atom is 0.307 e. The van der Waals surface area contributed by atoms with Gasteiger partial charge in [0.25, 0.3) is 5.91 Å². The van der Waals surface area contributed by atoms with Gasteiger partial charge in [-0.3, -0.25) is 9.59 Å². The van der Waals surface area contributed by atoms with Gasteiger partial charge in [0.2, 0.25) is 10.0 Å². The second-order valence-corrected chi connectivity index (χ2v) is 9.16. The number of esters is 1. The van der Waals surface area contributed by atoms with Crippen LogP contribution in [0.15, 0.2) is 41.3 Å². The lowest BCUT2D eigenvalue weighted by molar-refractivity contribution is -0.148. The molecule has 0 saturated heterocycles. The number of nitrogens with one attached hydrogen (secondary N) is 2. The maximum atomic E-state index is 12.1. The van der Waals surface area contributed by atoms with Gasteiger partial charge >= 0.3 is 5.97 Å². The second-order valence-electron chi connectivity index (χ2n) is 6.83. The first kappa shape index (κ1) is 22.4. The zero-order chi connectivity index (χ0) is 20.7. The molecule has 0 bridgehead atoms. The Bertz CT molecular complexity index is 823. The van der Waals surface area contributed by atoms with Gasteiger partial charge in [0.05, 0.1) is 16.7 Å². The van der Waals surface area contributed by atoms with Gasteiger partial charge < -0.3 is 10.1 Å². The molecule has 0 aromatic heterocycles. The normalized spacial score (nSPS) is 21.9. The minimum Gasteiger partial charge on any atom is -0.456 e. The summed E-state index contributed by atoms with van der Waals surface area (Å²) in [5.41, 5.74) is 0.946. The van der Waals surface area contributed by atoms with Crippen molar-refractivity contribution in [3.63, 3.8) is 0 Å². The van der Waals surface area contributed by atoms with Crippen molar-refractivity contribution in [1.29, 1.82) is 0 Å². The van der Waals surface area contributed by atoms with E-state index in [4.69, 9.17) is 16.3 Å². The maximum absolute atomic E-state index is 12.1. The Kier molecular flexibility index (Phi) is 8.03. The predicted molar refractivity (Wildman–Crippen MR) is 106 cm³/mol. The van der Waals surface area contributed by atoms with Crippen molar-refractivity contribution in [2.45, 2.75) is 43.0 Å². The van der Waals surface area contributed by atoms with Crippen LogP contribution in [0.1, 0.15) is 25.3 Å². The zero-order valence-electron chi connectivity index (χ0n) is 15.9. The third kappa shape index (κ3) is 6.92. The monoisotopic (exact) mass is 428 g/mol. The number of ether oxygens (including phenoxy) is 1. The molecule has 0 spiro atoms. The topological polar surface area (TPSA) is 102 Å². The Morgan fingerprint density at radius 3 is 2.54 bits per heavy atom. The highest BCUT2D eigenvalue weighted by Crippen LogP contribution is 2.22. The molecule has 0 saturated carbocycles. The summed E-state index contributed by atoms with van der Waals surface area (Å²) in [6, 6.07) is 6.22. The van der Waals surface area contributed by atoms with Crippen LogP contribution in [0, 0.1) is 12.8 Å². The van der Waals surface area contributed by atoms with E-state index in [0.29, 0.717) is 0 Å². The van der Waals surface area contributed by atoms with E-state index in [9.17, 15) is 18.0 Å². The lowest BCUT2D eigenvalue weighted by Crippen LogP contribution is -2.42. The van der Waals surface area contributed by atoms with Crippen LogP contribution in [-0.4, -0.2) is 44.9 Å². The number of amides is 1. The molecule has 154 valence electrons. The van der Waals surface area contributed by atoms with Crippen molar-refractivity contribution in [2.75, 3.05) is 13.2 Å². The smallest absolute Gasteiger partial charge is 0.307 e. The van der Waals surface area contributed by atoms with Crippen LogP contribution >= 0.6 is 11.6 Å². The highest BCUT2D eigenvalue weighted by atomic mass is 35.5. The summed E-state index contributed by atoms with van der Waals surface area (Å²) < 4.78 is 31.5. The highest BCUT2D eigenvalue weighted by Gasteiger charge is 2.23. The van der Waals surface area contributed by atoms with Crippen LogP contribution in [-0.2, 0) is 24.3 Å². The van der Waals surface area contributed by atoms with E-state index in [2.05, 4.69) is 10.0 Å². The summed E-state index contributed by atoms with van der Waals surface area (Å²) in [7, 11) is -3.69. The molecule has 0 aliphatic heterocycles.